The normalized spacial score (nSPS) is 18.4. The molecular formula is C17H15NO3S. The molecule has 0 bridgehead atoms. The number of ether oxygens (including phenoxy) is 1. The van der Waals surface area contributed by atoms with Gasteiger partial charge < -0.3 is 4.74 Å². The van der Waals surface area contributed by atoms with Gasteiger partial charge in [-0.25, -0.2) is 4.90 Å². The van der Waals surface area contributed by atoms with E-state index in [0.29, 0.717) is 17.9 Å². The predicted octanol–water partition coefficient (Wildman–Crippen LogP) is 4.03. The molecule has 0 N–H and O–H groups in total. The molecule has 4 nitrogen and oxygen atoms in total. The van der Waals surface area contributed by atoms with Gasteiger partial charge in [0.15, 0.2) is 0 Å². The highest BCUT2D eigenvalue weighted by atomic mass is 32.2. The summed E-state index contributed by atoms with van der Waals surface area (Å²) in [7, 11) is 1.58. The molecule has 1 aliphatic rings. The van der Waals surface area contributed by atoms with E-state index in [1.807, 2.05) is 30.3 Å². The number of anilines is 1. The van der Waals surface area contributed by atoms with Crippen LogP contribution in [0.25, 0.3) is 0 Å². The molecule has 1 fully saturated rings. The van der Waals surface area contributed by atoms with Gasteiger partial charge in [0.05, 0.1) is 12.8 Å². The zero-order chi connectivity index (χ0) is 15.5. The summed E-state index contributed by atoms with van der Waals surface area (Å²) >= 11 is 1.19. The van der Waals surface area contributed by atoms with Gasteiger partial charge in [0, 0.05) is 11.7 Å². The first-order chi connectivity index (χ1) is 10.7. The first kappa shape index (κ1) is 14.7. The monoisotopic (exact) mass is 313 g/mol. The van der Waals surface area contributed by atoms with Crippen molar-refractivity contribution in [3.63, 3.8) is 0 Å². The van der Waals surface area contributed by atoms with Crippen LogP contribution in [-0.4, -0.2) is 18.3 Å². The van der Waals surface area contributed by atoms with E-state index in [1.54, 1.807) is 31.4 Å². The summed E-state index contributed by atoms with van der Waals surface area (Å²) in [5.74, 6) is 0.512. The number of thioether (sulfide) groups is 1. The van der Waals surface area contributed by atoms with Gasteiger partial charge in [-0.15, -0.1) is 0 Å². The Balaban J connectivity index is 1.81. The minimum absolute atomic E-state index is 0.115. The Morgan fingerprint density at radius 2 is 1.73 bits per heavy atom. The van der Waals surface area contributed by atoms with Crippen molar-refractivity contribution in [3.8, 4) is 5.75 Å². The number of hydrogen-bond acceptors (Lipinski definition) is 4. The van der Waals surface area contributed by atoms with Gasteiger partial charge in [0.1, 0.15) is 5.75 Å². The topological polar surface area (TPSA) is 46.6 Å². The first-order valence-corrected chi connectivity index (χ1v) is 7.79. The Morgan fingerprint density at radius 1 is 1.05 bits per heavy atom. The van der Waals surface area contributed by atoms with Gasteiger partial charge >= 0.3 is 0 Å². The Kier molecular flexibility index (Phi) is 4.15. The van der Waals surface area contributed by atoms with E-state index in [2.05, 4.69) is 0 Å². The molecule has 1 saturated heterocycles. The lowest BCUT2D eigenvalue weighted by molar-refractivity contribution is -0.117. The van der Waals surface area contributed by atoms with Crippen molar-refractivity contribution in [3.05, 3.63) is 60.2 Å². The molecular weight excluding hydrogens is 298 g/mol. The highest BCUT2D eigenvalue weighted by Gasteiger charge is 2.35. The molecule has 0 spiro atoms. The van der Waals surface area contributed by atoms with Gasteiger partial charge in [0.25, 0.3) is 5.24 Å². The lowest BCUT2D eigenvalue weighted by Crippen LogP contribution is -2.39. The third-order valence-electron chi connectivity index (χ3n) is 3.54. The number of carbonyl (C=O) groups excluding carboxylic acids is 2. The van der Waals surface area contributed by atoms with E-state index in [1.165, 1.54) is 16.7 Å². The van der Waals surface area contributed by atoms with Crippen LogP contribution in [0.15, 0.2) is 54.6 Å². The quantitative estimate of drug-likeness (QED) is 0.858. The average Bonchev–Trinajstić information content (AvgIpc) is 2.55. The molecule has 2 amide bonds. The van der Waals surface area contributed by atoms with Crippen molar-refractivity contribution in [1.82, 2.24) is 0 Å². The lowest BCUT2D eigenvalue weighted by atomic mass is 10.1. The standard InChI is InChI=1S/C17H15NO3S/c1-21-14-9-7-13(8-10-14)18-16(19)11-15(22-17(18)20)12-5-3-2-4-6-12/h2-10,15H,11H2,1H3. The minimum Gasteiger partial charge on any atom is -0.497 e. The fraction of sp³-hybridized carbons (Fsp3) is 0.176. The molecule has 1 unspecified atom stereocenters. The van der Waals surface area contributed by atoms with Crippen molar-refractivity contribution < 1.29 is 14.3 Å². The number of benzene rings is 2. The minimum atomic E-state index is -0.240. The van der Waals surface area contributed by atoms with Crippen LogP contribution in [0.1, 0.15) is 17.2 Å². The summed E-state index contributed by atoms with van der Waals surface area (Å²) in [6.45, 7) is 0. The number of rotatable bonds is 3. The number of hydrogen-bond donors (Lipinski definition) is 0. The van der Waals surface area contributed by atoms with Crippen LogP contribution in [0.3, 0.4) is 0 Å². The van der Waals surface area contributed by atoms with Crippen molar-refractivity contribution in [2.75, 3.05) is 12.0 Å². The molecule has 1 atom stereocenters. The summed E-state index contributed by atoms with van der Waals surface area (Å²) in [5, 5.41) is -0.356. The fourth-order valence-corrected chi connectivity index (χ4v) is 3.48. The van der Waals surface area contributed by atoms with Gasteiger partial charge in [0.2, 0.25) is 5.91 Å². The average molecular weight is 313 g/mol. The molecule has 2 aromatic rings. The molecule has 0 aromatic heterocycles. The van der Waals surface area contributed by atoms with Gasteiger partial charge in [-0.3, -0.25) is 9.59 Å². The highest BCUT2D eigenvalue weighted by Crippen LogP contribution is 2.40. The van der Waals surface area contributed by atoms with Gasteiger partial charge in [-0.2, -0.15) is 0 Å². The number of amides is 2. The highest BCUT2D eigenvalue weighted by molar-refractivity contribution is 8.14. The van der Waals surface area contributed by atoms with Crippen LogP contribution in [0, 0.1) is 0 Å². The van der Waals surface area contributed by atoms with E-state index in [4.69, 9.17) is 4.74 Å². The summed E-state index contributed by atoms with van der Waals surface area (Å²) in [4.78, 5) is 26.0. The van der Waals surface area contributed by atoms with Crippen molar-refractivity contribution in [2.24, 2.45) is 0 Å². The summed E-state index contributed by atoms with van der Waals surface area (Å²) < 4.78 is 5.09. The van der Waals surface area contributed by atoms with Crippen LogP contribution in [0.5, 0.6) is 5.75 Å². The molecule has 3 rings (SSSR count). The van der Waals surface area contributed by atoms with Crippen LogP contribution in [0.2, 0.25) is 0 Å². The molecule has 0 saturated carbocycles. The maximum Gasteiger partial charge on any atom is 0.293 e. The number of carbonyl (C=O) groups is 2. The van der Waals surface area contributed by atoms with Crippen LogP contribution in [0.4, 0.5) is 10.5 Å². The second kappa shape index (κ2) is 6.23. The van der Waals surface area contributed by atoms with Crippen molar-refractivity contribution >= 4 is 28.6 Å². The zero-order valence-electron chi connectivity index (χ0n) is 12.1. The molecule has 0 radical (unpaired) electrons. The third-order valence-corrected chi connectivity index (χ3v) is 4.64. The van der Waals surface area contributed by atoms with E-state index in [9.17, 15) is 9.59 Å². The smallest absolute Gasteiger partial charge is 0.293 e. The Hall–Kier alpha value is -2.27. The maximum atomic E-state index is 12.4. The Labute approximate surface area is 133 Å². The predicted molar refractivity (Wildman–Crippen MR) is 87.3 cm³/mol. The number of methoxy groups -OCH3 is 1. The fourth-order valence-electron chi connectivity index (χ4n) is 2.40. The summed E-state index contributed by atoms with van der Waals surface area (Å²) in [5.41, 5.74) is 1.58. The van der Waals surface area contributed by atoms with Crippen molar-refractivity contribution in [1.29, 1.82) is 0 Å². The van der Waals surface area contributed by atoms with Crippen LogP contribution < -0.4 is 9.64 Å². The van der Waals surface area contributed by atoms with Gasteiger partial charge in [-0.05, 0) is 29.8 Å². The summed E-state index contributed by atoms with van der Waals surface area (Å²) in [6, 6.07) is 16.6. The Morgan fingerprint density at radius 3 is 2.32 bits per heavy atom. The van der Waals surface area contributed by atoms with E-state index in [-0.39, 0.29) is 16.4 Å². The number of nitrogens with zero attached hydrogens (tertiary/aromatic N) is 1. The van der Waals surface area contributed by atoms with Crippen molar-refractivity contribution in [2.45, 2.75) is 11.7 Å². The van der Waals surface area contributed by atoms with Gasteiger partial charge in [-0.1, -0.05) is 42.1 Å². The first-order valence-electron chi connectivity index (χ1n) is 6.91. The largest absolute Gasteiger partial charge is 0.497 e. The van der Waals surface area contributed by atoms with E-state index in [0.717, 1.165) is 5.56 Å². The second-order valence-corrected chi connectivity index (χ2v) is 6.07. The maximum absolute atomic E-state index is 12.4. The molecule has 1 heterocycles. The molecule has 5 heteroatoms. The zero-order valence-corrected chi connectivity index (χ0v) is 12.9. The third kappa shape index (κ3) is 2.85. The molecule has 112 valence electrons. The molecule has 22 heavy (non-hydrogen) atoms. The van der Waals surface area contributed by atoms with E-state index < -0.39 is 0 Å². The lowest BCUT2D eigenvalue weighted by Gasteiger charge is -2.29. The van der Waals surface area contributed by atoms with Crippen LogP contribution >= 0.6 is 11.8 Å². The van der Waals surface area contributed by atoms with Crippen LogP contribution in [-0.2, 0) is 4.79 Å². The Bertz CT molecular complexity index is 667. The van der Waals surface area contributed by atoms with E-state index >= 15 is 0 Å². The molecule has 0 aliphatic carbocycles. The molecule has 2 aromatic carbocycles. The number of imide groups is 1. The molecule has 1 aliphatic heterocycles. The summed E-state index contributed by atoms with van der Waals surface area (Å²) in [6.07, 6.45) is 0.312. The second-order valence-electron chi connectivity index (χ2n) is 4.91. The SMILES string of the molecule is COc1ccc(N2C(=O)CC(c3ccccc3)SC2=O)cc1.